The van der Waals surface area contributed by atoms with E-state index in [-0.39, 0.29) is 5.56 Å². The van der Waals surface area contributed by atoms with Crippen LogP contribution < -0.4 is 10.3 Å². The highest BCUT2D eigenvalue weighted by Gasteiger charge is 2.13. The highest BCUT2D eigenvalue weighted by molar-refractivity contribution is 7.15. The Kier molecular flexibility index (Phi) is 3.05. The molecule has 0 spiro atoms. The third-order valence-electron chi connectivity index (χ3n) is 2.84. The van der Waals surface area contributed by atoms with Gasteiger partial charge in [-0.1, -0.05) is 29.8 Å². The molecule has 0 bridgehead atoms. The van der Waals surface area contributed by atoms with E-state index in [1.54, 1.807) is 23.2 Å². The van der Waals surface area contributed by atoms with Gasteiger partial charge >= 0.3 is 0 Å². The Morgan fingerprint density at radius 3 is 2.63 bits per heavy atom. The summed E-state index contributed by atoms with van der Waals surface area (Å²) in [5.41, 5.74) is 0.760. The number of hydrogen-bond acceptors (Lipinski definition) is 3. The molecule has 0 atom stereocenters. The summed E-state index contributed by atoms with van der Waals surface area (Å²) in [5.74, 6) is 0.590. The van der Waals surface area contributed by atoms with Gasteiger partial charge in [-0.3, -0.25) is 4.79 Å². The quantitative estimate of drug-likeness (QED) is 0.721. The third kappa shape index (κ3) is 2.03. The molecule has 96 valence electrons. The Hall–Kier alpha value is -1.78. The van der Waals surface area contributed by atoms with Crippen LogP contribution in [-0.4, -0.2) is 11.1 Å². The van der Waals surface area contributed by atoms with Crippen LogP contribution in [0.4, 0.5) is 0 Å². The van der Waals surface area contributed by atoms with Gasteiger partial charge in [0.1, 0.15) is 5.75 Å². The largest absolute Gasteiger partial charge is 0.497 e. The second kappa shape index (κ2) is 4.72. The second-order valence-electron chi connectivity index (χ2n) is 4.01. The molecule has 0 radical (unpaired) electrons. The van der Waals surface area contributed by atoms with Crippen molar-refractivity contribution in [1.29, 1.82) is 0 Å². The molecule has 19 heavy (non-hydrogen) atoms. The number of nitrogens with zero attached hydrogens (tertiary/aromatic N) is 1. The highest BCUT2D eigenvalue weighted by Crippen LogP contribution is 2.31. The van der Waals surface area contributed by atoms with Crippen molar-refractivity contribution in [1.82, 2.24) is 3.96 Å². The molecular formula is C14H10ClNO2S. The Morgan fingerprint density at radius 1 is 1.21 bits per heavy atom. The van der Waals surface area contributed by atoms with Crippen molar-refractivity contribution >= 4 is 33.2 Å². The minimum absolute atomic E-state index is 0.0769. The Labute approximate surface area is 118 Å². The van der Waals surface area contributed by atoms with Gasteiger partial charge in [0.25, 0.3) is 5.56 Å². The van der Waals surface area contributed by atoms with Gasteiger partial charge in [-0.2, -0.15) is 0 Å². The van der Waals surface area contributed by atoms with Gasteiger partial charge in [0.15, 0.2) is 0 Å². The average molecular weight is 292 g/mol. The van der Waals surface area contributed by atoms with Crippen LogP contribution in [-0.2, 0) is 0 Å². The number of benzene rings is 2. The summed E-state index contributed by atoms with van der Waals surface area (Å²) >= 11 is 7.53. The number of aromatic nitrogens is 1. The Bertz CT molecular complexity index is 792. The minimum atomic E-state index is -0.0769. The monoisotopic (exact) mass is 291 g/mol. The molecule has 2 aromatic carbocycles. The molecule has 3 nitrogen and oxygen atoms in total. The maximum absolute atomic E-state index is 12.4. The fourth-order valence-electron chi connectivity index (χ4n) is 1.91. The van der Waals surface area contributed by atoms with Crippen LogP contribution in [0.3, 0.4) is 0 Å². The van der Waals surface area contributed by atoms with E-state index >= 15 is 0 Å². The van der Waals surface area contributed by atoms with Gasteiger partial charge in [0.05, 0.1) is 27.9 Å². The average Bonchev–Trinajstić information content (AvgIpc) is 2.78. The molecule has 5 heteroatoms. The van der Waals surface area contributed by atoms with E-state index < -0.39 is 0 Å². The van der Waals surface area contributed by atoms with E-state index in [9.17, 15) is 4.79 Å². The van der Waals surface area contributed by atoms with Crippen LogP contribution in [0.2, 0.25) is 5.02 Å². The minimum Gasteiger partial charge on any atom is -0.497 e. The van der Waals surface area contributed by atoms with E-state index in [1.807, 2.05) is 30.3 Å². The first kappa shape index (κ1) is 12.3. The summed E-state index contributed by atoms with van der Waals surface area (Å²) < 4.78 is 7.55. The Morgan fingerprint density at radius 2 is 1.95 bits per heavy atom. The fraction of sp³-hybridized carbons (Fsp3) is 0.0714. The molecule has 1 aromatic heterocycles. The molecule has 0 saturated carbocycles. The predicted octanol–water partition coefficient (Wildman–Crippen LogP) is 3.71. The second-order valence-corrected chi connectivity index (χ2v) is 5.38. The number of rotatable bonds is 2. The van der Waals surface area contributed by atoms with E-state index in [0.717, 1.165) is 10.4 Å². The molecule has 0 aliphatic heterocycles. The lowest BCUT2D eigenvalue weighted by Gasteiger charge is -1.99. The smallest absolute Gasteiger partial charge is 0.273 e. The summed E-state index contributed by atoms with van der Waals surface area (Å²) in [6.07, 6.45) is 0. The zero-order valence-corrected chi connectivity index (χ0v) is 11.7. The zero-order valence-electron chi connectivity index (χ0n) is 10.1. The predicted molar refractivity (Wildman–Crippen MR) is 79.0 cm³/mol. The van der Waals surface area contributed by atoms with Crippen LogP contribution in [0.15, 0.2) is 47.3 Å². The number of para-hydroxylation sites is 1. The lowest BCUT2D eigenvalue weighted by molar-refractivity contribution is 0.415. The topological polar surface area (TPSA) is 31.2 Å². The van der Waals surface area contributed by atoms with Crippen molar-refractivity contribution in [3.05, 3.63) is 57.8 Å². The van der Waals surface area contributed by atoms with Crippen LogP contribution >= 0.6 is 23.1 Å². The van der Waals surface area contributed by atoms with Crippen LogP contribution in [0.1, 0.15) is 0 Å². The third-order valence-corrected chi connectivity index (χ3v) is 4.43. The van der Waals surface area contributed by atoms with Crippen molar-refractivity contribution < 1.29 is 4.74 Å². The lowest BCUT2D eigenvalue weighted by atomic mass is 10.2. The van der Waals surface area contributed by atoms with Crippen molar-refractivity contribution in [2.75, 3.05) is 7.11 Å². The van der Waals surface area contributed by atoms with Crippen LogP contribution in [0, 0.1) is 0 Å². The molecule has 0 amide bonds. The number of hydrogen-bond donors (Lipinski definition) is 0. The maximum Gasteiger partial charge on any atom is 0.273 e. The normalized spacial score (nSPS) is 10.8. The molecule has 3 aromatic rings. The highest BCUT2D eigenvalue weighted by atomic mass is 35.5. The first-order valence-corrected chi connectivity index (χ1v) is 6.81. The number of ether oxygens (including phenoxy) is 1. The van der Waals surface area contributed by atoms with E-state index in [4.69, 9.17) is 16.3 Å². The molecule has 3 rings (SSSR count). The number of methoxy groups -OCH3 is 1. The summed E-state index contributed by atoms with van der Waals surface area (Å²) in [6, 6.07) is 12.9. The molecule has 0 aliphatic carbocycles. The van der Waals surface area contributed by atoms with Crippen molar-refractivity contribution in [2.24, 2.45) is 0 Å². The van der Waals surface area contributed by atoms with E-state index in [2.05, 4.69) is 0 Å². The van der Waals surface area contributed by atoms with Gasteiger partial charge in [-0.05, 0) is 29.7 Å². The lowest BCUT2D eigenvalue weighted by Crippen LogP contribution is -2.10. The van der Waals surface area contributed by atoms with Gasteiger partial charge in [-0.15, -0.1) is 0 Å². The molecule has 0 unspecified atom stereocenters. The van der Waals surface area contributed by atoms with E-state index in [1.165, 1.54) is 11.5 Å². The maximum atomic E-state index is 12.4. The van der Waals surface area contributed by atoms with Crippen LogP contribution in [0.5, 0.6) is 5.75 Å². The Balaban J connectivity index is 2.32. The van der Waals surface area contributed by atoms with Gasteiger partial charge < -0.3 is 4.74 Å². The molecule has 1 heterocycles. The number of fused-ring (bicyclic) bond motifs is 1. The van der Waals surface area contributed by atoms with Gasteiger partial charge in [-0.25, -0.2) is 3.96 Å². The summed E-state index contributed by atoms with van der Waals surface area (Å²) in [4.78, 5) is 12.4. The first-order chi connectivity index (χ1) is 9.20. The standard InChI is InChI=1S/C14H10ClNO2S/c1-18-10-7-11-13(12(15)8-10)19-16(14(11)17)9-5-3-2-4-6-9/h2-8H,1H3. The van der Waals surface area contributed by atoms with Crippen LogP contribution in [0.25, 0.3) is 15.8 Å². The van der Waals surface area contributed by atoms with Crippen molar-refractivity contribution in [3.8, 4) is 11.4 Å². The fourth-order valence-corrected chi connectivity index (χ4v) is 3.21. The van der Waals surface area contributed by atoms with E-state index in [0.29, 0.717) is 16.2 Å². The number of halogens is 1. The molecule has 0 fully saturated rings. The molecule has 0 saturated heterocycles. The summed E-state index contributed by atoms with van der Waals surface area (Å²) in [6.45, 7) is 0. The van der Waals surface area contributed by atoms with Crippen molar-refractivity contribution in [3.63, 3.8) is 0 Å². The van der Waals surface area contributed by atoms with Gasteiger partial charge in [0, 0.05) is 6.07 Å². The zero-order chi connectivity index (χ0) is 13.4. The SMILES string of the molecule is COc1cc(Cl)c2sn(-c3ccccc3)c(=O)c2c1. The van der Waals surface area contributed by atoms with Crippen molar-refractivity contribution in [2.45, 2.75) is 0 Å². The molecular weight excluding hydrogens is 282 g/mol. The van der Waals surface area contributed by atoms with Gasteiger partial charge in [0.2, 0.25) is 0 Å². The molecule has 0 aliphatic rings. The summed E-state index contributed by atoms with van der Waals surface area (Å²) in [5, 5.41) is 1.12. The molecule has 0 N–H and O–H groups in total. The summed E-state index contributed by atoms with van der Waals surface area (Å²) in [7, 11) is 1.56. The first-order valence-electron chi connectivity index (χ1n) is 5.65.